The van der Waals surface area contributed by atoms with Crippen molar-refractivity contribution in [1.29, 1.82) is 0 Å². The van der Waals surface area contributed by atoms with Crippen LogP contribution in [0, 0.1) is 27.7 Å². The molecule has 1 heteroatoms. The average Bonchev–Trinajstić information content (AvgIpc) is 3.77. The van der Waals surface area contributed by atoms with Gasteiger partial charge in [-0.05, 0) is 212 Å². The highest BCUT2D eigenvalue weighted by molar-refractivity contribution is 6.44. The van der Waals surface area contributed by atoms with Crippen molar-refractivity contribution in [2.24, 2.45) is 0 Å². The molecular weight excluding hydrogens is 785 g/mol. The van der Waals surface area contributed by atoms with Crippen molar-refractivity contribution in [2.45, 2.75) is 80.1 Å². The fourth-order valence-corrected chi connectivity index (χ4v) is 11.7. The van der Waals surface area contributed by atoms with Gasteiger partial charge in [-0.15, -0.1) is 0 Å². The number of rotatable bonds is 4. The predicted octanol–water partition coefficient (Wildman–Crippen LogP) is 18.7. The summed E-state index contributed by atoms with van der Waals surface area (Å²) in [4.78, 5) is 0. The van der Waals surface area contributed by atoms with Crippen LogP contribution in [0.25, 0.3) is 108 Å². The van der Waals surface area contributed by atoms with Crippen molar-refractivity contribution in [3.8, 4) is 33.8 Å². The van der Waals surface area contributed by atoms with Gasteiger partial charge in [-0.2, -0.15) is 0 Å². The molecule has 0 aromatic heterocycles. The molecule has 12 aromatic carbocycles. The van der Waals surface area contributed by atoms with Gasteiger partial charge in [0.05, 0.1) is 0 Å². The zero-order valence-electron chi connectivity index (χ0n) is 39.3. The molecule has 0 heterocycles. The third-order valence-electron chi connectivity index (χ3n) is 14.7. The molecule has 1 nitrogen and oxygen atoms in total. The Bertz CT molecular complexity index is 3900. The summed E-state index contributed by atoms with van der Waals surface area (Å²) in [6.07, 6.45) is 0. The number of aryl methyl sites for hydroxylation is 4. The second-order valence-corrected chi connectivity index (χ2v) is 21.0. The summed E-state index contributed by atoms with van der Waals surface area (Å²) in [5.74, 6) is 1.72. The Labute approximate surface area is 382 Å². The van der Waals surface area contributed by atoms with E-state index in [4.69, 9.17) is 4.74 Å². The van der Waals surface area contributed by atoms with Gasteiger partial charge in [0.15, 0.2) is 0 Å². The van der Waals surface area contributed by atoms with Gasteiger partial charge in [0, 0.05) is 10.8 Å². The Hall–Kier alpha value is -6.96. The molecule has 0 fully saturated rings. The smallest absolute Gasteiger partial charge is 0.135 e. The molecule has 0 N–H and O–H groups in total. The highest BCUT2D eigenvalue weighted by atomic mass is 16.5. The molecule has 12 aromatic rings. The van der Waals surface area contributed by atoms with Crippen molar-refractivity contribution >= 4 is 86.2 Å². The second kappa shape index (κ2) is 13.8. The highest BCUT2D eigenvalue weighted by Gasteiger charge is 2.29. The van der Waals surface area contributed by atoms with Crippen LogP contribution in [0.3, 0.4) is 0 Å². The van der Waals surface area contributed by atoms with E-state index in [2.05, 4.69) is 184 Å². The van der Waals surface area contributed by atoms with Crippen LogP contribution in [-0.4, -0.2) is 0 Å². The lowest BCUT2D eigenvalue weighted by Gasteiger charge is -2.26. The van der Waals surface area contributed by atoms with Crippen LogP contribution >= 0.6 is 0 Å². The van der Waals surface area contributed by atoms with E-state index in [0.717, 1.165) is 16.9 Å². The fourth-order valence-electron chi connectivity index (χ4n) is 11.7. The molecule has 0 radical (unpaired) electrons. The topological polar surface area (TPSA) is 9.23 Å². The summed E-state index contributed by atoms with van der Waals surface area (Å²) in [7, 11) is 0. The molecule has 0 bridgehead atoms. The van der Waals surface area contributed by atoms with Gasteiger partial charge in [0.2, 0.25) is 0 Å². The maximum atomic E-state index is 6.62. The lowest BCUT2D eigenvalue weighted by Crippen LogP contribution is -2.12. The molecule has 0 saturated carbocycles. The number of hydrogen-bond acceptors (Lipinski definition) is 1. The first-order valence-corrected chi connectivity index (χ1v) is 23.3. The first-order chi connectivity index (χ1) is 31.2. The van der Waals surface area contributed by atoms with Crippen LogP contribution in [0.5, 0.6) is 11.5 Å². The van der Waals surface area contributed by atoms with Crippen LogP contribution in [-0.2, 0) is 10.8 Å². The van der Waals surface area contributed by atoms with Gasteiger partial charge in [-0.3, -0.25) is 0 Å². The minimum absolute atomic E-state index is 0.0191. The van der Waals surface area contributed by atoms with Crippen molar-refractivity contribution in [3.05, 3.63) is 179 Å². The van der Waals surface area contributed by atoms with Crippen LogP contribution in [0.15, 0.2) is 146 Å². The minimum Gasteiger partial charge on any atom is -0.457 e. The fraction of sp³-hybridized carbons (Fsp3) is 0.188. The van der Waals surface area contributed by atoms with E-state index in [1.807, 2.05) is 30.3 Å². The number of ether oxygens (including phenoxy) is 1. The molecule has 0 atom stereocenters. The van der Waals surface area contributed by atoms with Gasteiger partial charge in [0.25, 0.3) is 0 Å². The third kappa shape index (κ3) is 5.77. The summed E-state index contributed by atoms with van der Waals surface area (Å²) in [5, 5.41) is 20.7. The lowest BCUT2D eigenvalue weighted by molar-refractivity contribution is 0.488. The van der Waals surface area contributed by atoms with E-state index in [-0.39, 0.29) is 10.8 Å². The van der Waals surface area contributed by atoms with E-state index in [1.165, 1.54) is 136 Å². The molecule has 0 unspecified atom stereocenters. The van der Waals surface area contributed by atoms with E-state index in [0.29, 0.717) is 0 Å². The largest absolute Gasteiger partial charge is 0.457 e. The molecule has 0 amide bonds. The standard InChI is InChI=1S/C64H54O/c1-35-28-40(63(5,6)7)29-36(2)55(35)60-51-34-50-46-26-27-54(65-42-19-12-11-13-20-42)47-24-16-23-45(57(46)47)49(50)33-52(51)61(56-37(3)30-41(31-38(56)4)64(8,9)10)62-53-32-39-18-14-15-21-43(39)44-22-17-25-48(58(44)53)59(60)62/h11-34H,1-10H3. The minimum atomic E-state index is 0.0191. The van der Waals surface area contributed by atoms with Crippen molar-refractivity contribution < 1.29 is 4.74 Å². The number of benzene rings is 10. The summed E-state index contributed by atoms with van der Waals surface area (Å²) < 4.78 is 6.62. The maximum absolute atomic E-state index is 6.62. The molecule has 0 saturated heterocycles. The quantitative estimate of drug-likeness (QED) is 0.160. The SMILES string of the molecule is Cc1cc(C(C)(C)C)cc(C)c1-c1c2cc3c(cc2c(-c2c(C)cc(C(C)(C)C)cc2C)c2c4cc5ccccc5c5cccc(c12)c54)c1cccc2c(Oc4ccccc4)ccc3c21. The van der Waals surface area contributed by atoms with Crippen LogP contribution < -0.4 is 4.74 Å². The molecule has 12 rings (SSSR count). The normalized spacial score (nSPS) is 12.8. The van der Waals surface area contributed by atoms with E-state index < -0.39 is 0 Å². The van der Waals surface area contributed by atoms with Crippen LogP contribution in [0.1, 0.15) is 74.9 Å². The van der Waals surface area contributed by atoms with Gasteiger partial charge >= 0.3 is 0 Å². The first kappa shape index (κ1) is 39.6. The zero-order valence-corrected chi connectivity index (χ0v) is 39.3. The summed E-state index contributed by atoms with van der Waals surface area (Å²) in [5.41, 5.74) is 13.4. The Kier molecular flexibility index (Phi) is 8.40. The van der Waals surface area contributed by atoms with Crippen molar-refractivity contribution in [2.75, 3.05) is 0 Å². The monoisotopic (exact) mass is 838 g/mol. The summed E-state index contributed by atoms with van der Waals surface area (Å²) >= 11 is 0. The zero-order chi connectivity index (χ0) is 44.8. The molecule has 65 heavy (non-hydrogen) atoms. The van der Waals surface area contributed by atoms with Crippen molar-refractivity contribution in [3.63, 3.8) is 0 Å². The van der Waals surface area contributed by atoms with Gasteiger partial charge in [-0.1, -0.05) is 145 Å². The molecule has 0 aliphatic carbocycles. The first-order valence-electron chi connectivity index (χ1n) is 23.3. The van der Waals surface area contributed by atoms with Gasteiger partial charge in [-0.25, -0.2) is 0 Å². The predicted molar refractivity (Wildman–Crippen MR) is 283 cm³/mol. The molecule has 316 valence electrons. The number of fused-ring (bicyclic) bond motifs is 9. The number of hydrogen-bond donors (Lipinski definition) is 0. The van der Waals surface area contributed by atoms with E-state index >= 15 is 0 Å². The van der Waals surface area contributed by atoms with Gasteiger partial charge in [0.1, 0.15) is 11.5 Å². The van der Waals surface area contributed by atoms with E-state index in [9.17, 15) is 0 Å². The Morgan fingerprint density at radius 3 is 1.32 bits per heavy atom. The molecule has 0 aliphatic heterocycles. The lowest BCUT2D eigenvalue weighted by atomic mass is 9.78. The summed E-state index contributed by atoms with van der Waals surface area (Å²) in [6.45, 7) is 23.4. The Morgan fingerprint density at radius 2 is 0.754 bits per heavy atom. The van der Waals surface area contributed by atoms with Gasteiger partial charge < -0.3 is 4.74 Å². The van der Waals surface area contributed by atoms with Crippen LogP contribution in [0.2, 0.25) is 0 Å². The summed E-state index contributed by atoms with van der Waals surface area (Å²) in [6, 6.07) is 54.9. The Balaban J connectivity index is 1.34. The van der Waals surface area contributed by atoms with Crippen LogP contribution in [0.4, 0.5) is 0 Å². The van der Waals surface area contributed by atoms with Crippen molar-refractivity contribution in [1.82, 2.24) is 0 Å². The highest BCUT2D eigenvalue weighted by Crippen LogP contribution is 2.56. The molecule has 0 aliphatic rings. The average molecular weight is 839 g/mol. The maximum Gasteiger partial charge on any atom is 0.135 e. The second-order valence-electron chi connectivity index (χ2n) is 21.0. The Morgan fingerprint density at radius 1 is 0.308 bits per heavy atom. The molecule has 0 spiro atoms. The molecular formula is C64H54O. The third-order valence-corrected chi connectivity index (χ3v) is 14.7. The number of para-hydroxylation sites is 1. The van der Waals surface area contributed by atoms with E-state index in [1.54, 1.807) is 0 Å².